The molecule has 28 heavy (non-hydrogen) atoms. The van der Waals surface area contributed by atoms with Crippen molar-refractivity contribution in [2.45, 2.75) is 18.7 Å². The molecule has 0 bridgehead atoms. The SMILES string of the molecule is CCS(=O)(=O)c1cnc(-c2ncccn2)nc1-c1nc2cc(C)cnc2n1C. The van der Waals surface area contributed by atoms with Crippen LogP contribution in [0.3, 0.4) is 0 Å². The molecule has 0 fully saturated rings. The van der Waals surface area contributed by atoms with Gasteiger partial charge in [0.2, 0.25) is 0 Å². The molecule has 4 aromatic heterocycles. The van der Waals surface area contributed by atoms with E-state index in [0.29, 0.717) is 22.8 Å². The molecule has 0 N–H and O–H groups in total. The maximum atomic E-state index is 12.7. The average molecular weight is 395 g/mol. The molecule has 10 heteroatoms. The fourth-order valence-corrected chi connectivity index (χ4v) is 3.78. The lowest BCUT2D eigenvalue weighted by atomic mass is 10.3. The van der Waals surface area contributed by atoms with Crippen LogP contribution >= 0.6 is 0 Å². The van der Waals surface area contributed by atoms with Gasteiger partial charge < -0.3 is 4.57 Å². The second-order valence-corrected chi connectivity index (χ2v) is 8.48. The van der Waals surface area contributed by atoms with Crippen molar-refractivity contribution in [3.8, 4) is 23.2 Å². The van der Waals surface area contributed by atoms with Crippen LogP contribution in [0.5, 0.6) is 0 Å². The van der Waals surface area contributed by atoms with Crippen molar-refractivity contribution in [3.05, 3.63) is 42.5 Å². The molecule has 0 aliphatic rings. The number of aryl methyl sites for hydroxylation is 2. The van der Waals surface area contributed by atoms with Crippen molar-refractivity contribution >= 4 is 21.0 Å². The molecule has 4 rings (SSSR count). The summed E-state index contributed by atoms with van der Waals surface area (Å²) < 4.78 is 27.0. The van der Waals surface area contributed by atoms with Gasteiger partial charge in [-0.25, -0.2) is 38.3 Å². The minimum atomic E-state index is -3.58. The molecule has 0 unspecified atom stereocenters. The molecule has 0 aromatic carbocycles. The van der Waals surface area contributed by atoms with Crippen LogP contribution in [0.1, 0.15) is 12.5 Å². The third kappa shape index (κ3) is 3.01. The first-order valence-corrected chi connectivity index (χ1v) is 10.2. The summed E-state index contributed by atoms with van der Waals surface area (Å²) in [5, 5.41) is 0. The Morgan fingerprint density at radius 2 is 1.75 bits per heavy atom. The Balaban J connectivity index is 2.02. The molecule has 0 aliphatic heterocycles. The van der Waals surface area contributed by atoms with Gasteiger partial charge in [0.05, 0.1) is 11.9 Å². The first-order chi connectivity index (χ1) is 13.4. The van der Waals surface area contributed by atoms with Gasteiger partial charge in [-0.05, 0) is 24.6 Å². The predicted molar refractivity (Wildman–Crippen MR) is 103 cm³/mol. The maximum absolute atomic E-state index is 12.7. The first kappa shape index (κ1) is 18.1. The third-order valence-corrected chi connectivity index (χ3v) is 6.02. The average Bonchev–Trinajstić information content (AvgIpc) is 3.03. The lowest BCUT2D eigenvalue weighted by Crippen LogP contribution is -2.11. The molecule has 4 heterocycles. The highest BCUT2D eigenvalue weighted by molar-refractivity contribution is 7.91. The third-order valence-electron chi connectivity index (χ3n) is 4.29. The zero-order valence-corrected chi connectivity index (χ0v) is 16.3. The van der Waals surface area contributed by atoms with E-state index < -0.39 is 9.84 Å². The van der Waals surface area contributed by atoms with Crippen molar-refractivity contribution in [2.24, 2.45) is 7.05 Å². The standard InChI is InChI=1S/C18H17N7O2S/c1-4-28(26,27)13-10-21-16(15-19-6-5-7-20-15)24-14(13)18-23-12-8-11(2)9-22-17(12)25(18)3/h5-10H,4H2,1-3H3. The first-order valence-electron chi connectivity index (χ1n) is 8.57. The van der Waals surface area contributed by atoms with Gasteiger partial charge >= 0.3 is 0 Å². The smallest absolute Gasteiger partial charge is 0.198 e. The number of hydrogen-bond donors (Lipinski definition) is 0. The predicted octanol–water partition coefficient (Wildman–Crippen LogP) is 1.98. The van der Waals surface area contributed by atoms with E-state index in [1.807, 2.05) is 13.0 Å². The largest absolute Gasteiger partial charge is 0.310 e. The summed E-state index contributed by atoms with van der Waals surface area (Å²) in [6.45, 7) is 3.50. The Kier molecular flexibility index (Phi) is 4.34. The Hall–Kier alpha value is -3.27. The van der Waals surface area contributed by atoms with E-state index in [0.717, 1.165) is 5.56 Å². The maximum Gasteiger partial charge on any atom is 0.198 e. The molecule has 0 saturated carbocycles. The van der Waals surface area contributed by atoms with Gasteiger partial charge in [-0.3, -0.25) is 0 Å². The summed E-state index contributed by atoms with van der Waals surface area (Å²) in [5.74, 6) is 0.838. The van der Waals surface area contributed by atoms with Crippen molar-refractivity contribution in [1.29, 1.82) is 0 Å². The topological polar surface area (TPSA) is 116 Å². The molecule has 0 spiro atoms. The van der Waals surface area contributed by atoms with E-state index in [1.54, 1.807) is 43.2 Å². The minimum absolute atomic E-state index is 0.0183. The second kappa shape index (κ2) is 6.71. The summed E-state index contributed by atoms with van der Waals surface area (Å²) in [4.78, 5) is 26.0. The normalized spacial score (nSPS) is 11.8. The Bertz CT molecular complexity index is 1280. The van der Waals surface area contributed by atoms with E-state index in [2.05, 4.69) is 29.9 Å². The van der Waals surface area contributed by atoms with Crippen molar-refractivity contribution in [1.82, 2.24) is 34.5 Å². The molecular weight excluding hydrogens is 378 g/mol. The number of aromatic nitrogens is 7. The van der Waals surface area contributed by atoms with Crippen LogP contribution in [0.25, 0.3) is 34.3 Å². The quantitative estimate of drug-likeness (QED) is 0.515. The number of nitrogens with zero attached hydrogens (tertiary/aromatic N) is 7. The summed E-state index contributed by atoms with van der Waals surface area (Å²) in [7, 11) is -1.80. The van der Waals surface area contributed by atoms with Crippen LogP contribution in [0.4, 0.5) is 0 Å². The monoisotopic (exact) mass is 395 g/mol. The van der Waals surface area contributed by atoms with Crippen LogP contribution in [0.15, 0.2) is 41.8 Å². The Morgan fingerprint density at radius 1 is 1.00 bits per heavy atom. The zero-order valence-electron chi connectivity index (χ0n) is 15.5. The second-order valence-electron chi connectivity index (χ2n) is 6.23. The summed E-state index contributed by atoms with van der Waals surface area (Å²) >= 11 is 0. The summed E-state index contributed by atoms with van der Waals surface area (Å²) in [5.41, 5.74) is 2.46. The van der Waals surface area contributed by atoms with E-state index in [9.17, 15) is 8.42 Å². The lowest BCUT2D eigenvalue weighted by Gasteiger charge is -2.09. The molecule has 4 aromatic rings. The van der Waals surface area contributed by atoms with Gasteiger partial charge in [-0.15, -0.1) is 0 Å². The van der Waals surface area contributed by atoms with Gasteiger partial charge in [0.15, 0.2) is 33.0 Å². The van der Waals surface area contributed by atoms with Gasteiger partial charge in [-0.1, -0.05) is 6.92 Å². The molecular formula is C18H17N7O2S. The molecule has 0 radical (unpaired) electrons. The fourth-order valence-electron chi connectivity index (χ4n) is 2.82. The Morgan fingerprint density at radius 3 is 2.46 bits per heavy atom. The molecule has 142 valence electrons. The van der Waals surface area contributed by atoms with Gasteiger partial charge in [0.1, 0.15) is 16.1 Å². The number of sulfone groups is 1. The van der Waals surface area contributed by atoms with Gasteiger partial charge in [0.25, 0.3) is 0 Å². The molecule has 0 amide bonds. The van der Waals surface area contributed by atoms with Crippen LogP contribution in [0.2, 0.25) is 0 Å². The van der Waals surface area contributed by atoms with E-state index in [1.165, 1.54) is 6.20 Å². The van der Waals surface area contributed by atoms with Crippen molar-refractivity contribution in [2.75, 3.05) is 5.75 Å². The molecule has 0 aliphatic carbocycles. The summed E-state index contributed by atoms with van der Waals surface area (Å²) in [6.07, 6.45) is 6.18. The molecule has 9 nitrogen and oxygen atoms in total. The number of fused-ring (bicyclic) bond motifs is 1. The highest BCUT2D eigenvalue weighted by atomic mass is 32.2. The highest BCUT2D eigenvalue weighted by Crippen LogP contribution is 2.29. The van der Waals surface area contributed by atoms with E-state index >= 15 is 0 Å². The van der Waals surface area contributed by atoms with Crippen LogP contribution in [-0.4, -0.2) is 48.6 Å². The highest BCUT2D eigenvalue weighted by Gasteiger charge is 2.25. The zero-order chi connectivity index (χ0) is 19.9. The van der Waals surface area contributed by atoms with Crippen LogP contribution in [-0.2, 0) is 16.9 Å². The number of pyridine rings is 1. The van der Waals surface area contributed by atoms with Crippen LogP contribution < -0.4 is 0 Å². The number of imidazole rings is 1. The lowest BCUT2D eigenvalue weighted by molar-refractivity contribution is 0.596. The van der Waals surface area contributed by atoms with Gasteiger partial charge in [0, 0.05) is 25.6 Å². The Labute approximate surface area is 161 Å². The number of hydrogen-bond acceptors (Lipinski definition) is 8. The summed E-state index contributed by atoms with van der Waals surface area (Å²) in [6, 6.07) is 3.57. The van der Waals surface area contributed by atoms with E-state index in [-0.39, 0.29) is 22.2 Å². The molecule has 0 saturated heterocycles. The van der Waals surface area contributed by atoms with Gasteiger partial charge in [-0.2, -0.15) is 0 Å². The van der Waals surface area contributed by atoms with Crippen molar-refractivity contribution in [3.63, 3.8) is 0 Å². The van der Waals surface area contributed by atoms with Crippen molar-refractivity contribution < 1.29 is 8.42 Å². The number of rotatable bonds is 4. The van der Waals surface area contributed by atoms with Crippen LogP contribution in [0, 0.1) is 6.92 Å². The fraction of sp³-hybridized carbons (Fsp3) is 0.222. The minimum Gasteiger partial charge on any atom is -0.310 e. The van der Waals surface area contributed by atoms with E-state index in [4.69, 9.17) is 0 Å². The molecule has 0 atom stereocenters.